The molecule has 1 saturated heterocycles. The predicted octanol–water partition coefficient (Wildman–Crippen LogP) is 1.09. The Kier molecular flexibility index (Phi) is 3.81. The summed E-state index contributed by atoms with van der Waals surface area (Å²) in [7, 11) is 0. The maximum atomic E-state index is 11.6. The molecule has 2 aromatic rings. The zero-order valence-corrected chi connectivity index (χ0v) is 12.6. The van der Waals surface area contributed by atoms with Gasteiger partial charge in [-0.3, -0.25) is 9.20 Å². The second kappa shape index (κ2) is 5.76. The Morgan fingerprint density at radius 3 is 3.14 bits per heavy atom. The minimum Gasteiger partial charge on any atom is -0.352 e. The molecule has 0 bridgehead atoms. The quantitative estimate of drug-likeness (QED) is 0.828. The number of aromatic nitrogens is 3. The fraction of sp³-hybridized carbons (Fsp3) is 0.400. The average Bonchev–Trinajstić information content (AvgIpc) is 2.83. The van der Waals surface area contributed by atoms with Crippen LogP contribution < -0.4 is 16.0 Å². The molecule has 22 heavy (non-hydrogen) atoms. The third-order valence-corrected chi connectivity index (χ3v) is 3.88. The lowest BCUT2D eigenvalue weighted by molar-refractivity contribution is -0.111. The Hall–Kier alpha value is -2.41. The van der Waals surface area contributed by atoms with Gasteiger partial charge < -0.3 is 16.0 Å². The fourth-order valence-electron chi connectivity index (χ4n) is 2.82. The summed E-state index contributed by atoms with van der Waals surface area (Å²) in [6.45, 7) is 7.02. The lowest BCUT2D eigenvalue weighted by Crippen LogP contribution is -2.43. The number of carbonyl (C=O) groups is 1. The molecule has 1 fully saturated rings. The van der Waals surface area contributed by atoms with Gasteiger partial charge in [-0.1, -0.05) is 6.58 Å². The van der Waals surface area contributed by atoms with E-state index in [-0.39, 0.29) is 11.9 Å². The number of hydrogen-bond donors (Lipinski definition) is 2. The van der Waals surface area contributed by atoms with Crippen molar-refractivity contribution in [3.8, 4) is 0 Å². The van der Waals surface area contributed by atoms with E-state index < -0.39 is 0 Å². The Labute approximate surface area is 128 Å². The summed E-state index contributed by atoms with van der Waals surface area (Å²) in [4.78, 5) is 22.8. The molecule has 3 rings (SSSR count). The number of nitrogens with two attached hydrogens (primary N) is 1. The van der Waals surface area contributed by atoms with Crippen LogP contribution in [0, 0.1) is 6.92 Å². The molecule has 0 saturated carbocycles. The summed E-state index contributed by atoms with van der Waals surface area (Å²) in [5.41, 5.74) is 7.53. The molecule has 116 valence electrons. The molecule has 0 unspecified atom stereocenters. The minimum absolute atomic E-state index is 0.159. The van der Waals surface area contributed by atoms with E-state index in [1.54, 1.807) is 12.4 Å². The van der Waals surface area contributed by atoms with Crippen LogP contribution in [0.4, 0.5) is 11.6 Å². The highest BCUT2D eigenvalue weighted by Gasteiger charge is 2.22. The highest BCUT2D eigenvalue weighted by molar-refractivity contribution is 5.99. The molecular formula is C15H20N6O. The van der Waals surface area contributed by atoms with Crippen LogP contribution in [0.3, 0.4) is 0 Å². The van der Waals surface area contributed by atoms with Gasteiger partial charge in [-0.15, -0.1) is 0 Å². The SMILES string of the molecule is C=CC(=O)Nc1c(C)nc2c(N3CCC[C@@H](N)C3)nccn12. The number of nitrogens with one attached hydrogen (secondary N) is 1. The molecule has 0 aromatic carbocycles. The van der Waals surface area contributed by atoms with Crippen molar-refractivity contribution in [1.29, 1.82) is 0 Å². The zero-order chi connectivity index (χ0) is 15.7. The molecule has 1 amide bonds. The van der Waals surface area contributed by atoms with Gasteiger partial charge in [0.25, 0.3) is 0 Å². The highest BCUT2D eigenvalue weighted by Crippen LogP contribution is 2.26. The molecule has 1 atom stereocenters. The van der Waals surface area contributed by atoms with Crippen molar-refractivity contribution in [1.82, 2.24) is 14.4 Å². The van der Waals surface area contributed by atoms with Gasteiger partial charge in [-0.05, 0) is 25.8 Å². The van der Waals surface area contributed by atoms with Gasteiger partial charge >= 0.3 is 0 Å². The van der Waals surface area contributed by atoms with Crippen LogP contribution in [-0.4, -0.2) is 39.4 Å². The molecule has 7 heteroatoms. The van der Waals surface area contributed by atoms with Crippen molar-refractivity contribution in [2.75, 3.05) is 23.3 Å². The van der Waals surface area contributed by atoms with E-state index in [1.807, 2.05) is 11.3 Å². The first-order chi connectivity index (χ1) is 10.6. The second-order valence-corrected chi connectivity index (χ2v) is 5.53. The predicted molar refractivity (Wildman–Crippen MR) is 86.0 cm³/mol. The fourth-order valence-corrected chi connectivity index (χ4v) is 2.82. The van der Waals surface area contributed by atoms with Crippen molar-refractivity contribution < 1.29 is 4.79 Å². The van der Waals surface area contributed by atoms with Crippen molar-refractivity contribution in [3.63, 3.8) is 0 Å². The summed E-state index contributed by atoms with van der Waals surface area (Å²) in [6.07, 6.45) is 6.83. The van der Waals surface area contributed by atoms with Crippen molar-refractivity contribution in [3.05, 3.63) is 30.7 Å². The van der Waals surface area contributed by atoms with Crippen molar-refractivity contribution in [2.45, 2.75) is 25.8 Å². The number of nitrogens with zero attached hydrogens (tertiary/aromatic N) is 4. The molecule has 0 spiro atoms. The standard InChI is InChI=1S/C15H20N6O/c1-3-12(22)19-13-10(2)18-15-14(17-6-8-21(13)15)20-7-4-5-11(16)9-20/h3,6,8,11H,1,4-5,7,9,16H2,2H3,(H,19,22)/t11-/m1/s1. The van der Waals surface area contributed by atoms with Crippen LogP contribution in [-0.2, 0) is 4.79 Å². The van der Waals surface area contributed by atoms with Crippen LogP contribution in [0.5, 0.6) is 0 Å². The molecule has 1 aliphatic rings. The first kappa shape index (κ1) is 14.5. The van der Waals surface area contributed by atoms with Gasteiger partial charge in [0.2, 0.25) is 5.91 Å². The monoisotopic (exact) mass is 300 g/mol. The van der Waals surface area contributed by atoms with E-state index >= 15 is 0 Å². The number of aryl methyl sites for hydroxylation is 1. The lowest BCUT2D eigenvalue weighted by Gasteiger charge is -2.31. The van der Waals surface area contributed by atoms with Gasteiger partial charge in [0, 0.05) is 31.5 Å². The maximum absolute atomic E-state index is 11.6. The van der Waals surface area contributed by atoms with Crippen LogP contribution >= 0.6 is 0 Å². The number of piperidine rings is 1. The normalized spacial score (nSPS) is 18.5. The molecule has 0 radical (unpaired) electrons. The number of fused-ring (bicyclic) bond motifs is 1. The first-order valence-electron chi connectivity index (χ1n) is 7.37. The third kappa shape index (κ3) is 2.55. The summed E-state index contributed by atoms with van der Waals surface area (Å²) in [5.74, 6) is 1.19. The number of rotatable bonds is 3. The third-order valence-electron chi connectivity index (χ3n) is 3.88. The lowest BCUT2D eigenvalue weighted by atomic mass is 10.1. The topological polar surface area (TPSA) is 88.5 Å². The van der Waals surface area contributed by atoms with Gasteiger partial charge in [0.15, 0.2) is 11.5 Å². The highest BCUT2D eigenvalue weighted by atomic mass is 16.1. The van der Waals surface area contributed by atoms with Gasteiger partial charge in [-0.25, -0.2) is 9.97 Å². The van der Waals surface area contributed by atoms with Crippen LogP contribution in [0.15, 0.2) is 25.0 Å². The number of amides is 1. The number of anilines is 2. The number of imidazole rings is 1. The maximum Gasteiger partial charge on any atom is 0.248 e. The van der Waals surface area contributed by atoms with E-state index in [1.165, 1.54) is 6.08 Å². The van der Waals surface area contributed by atoms with Crippen LogP contribution in [0.2, 0.25) is 0 Å². The molecule has 1 aliphatic heterocycles. The van der Waals surface area contributed by atoms with Crippen LogP contribution in [0.25, 0.3) is 5.65 Å². The summed E-state index contributed by atoms with van der Waals surface area (Å²) in [5, 5.41) is 2.79. The Bertz CT molecular complexity index is 722. The molecular weight excluding hydrogens is 280 g/mol. The smallest absolute Gasteiger partial charge is 0.248 e. The van der Waals surface area contributed by atoms with E-state index in [4.69, 9.17) is 5.73 Å². The molecule has 3 N–H and O–H groups in total. The Balaban J connectivity index is 2.04. The molecule has 3 heterocycles. The summed E-state index contributed by atoms with van der Waals surface area (Å²) >= 11 is 0. The van der Waals surface area contributed by atoms with E-state index in [0.29, 0.717) is 5.82 Å². The van der Waals surface area contributed by atoms with Crippen molar-refractivity contribution in [2.24, 2.45) is 5.73 Å². The largest absolute Gasteiger partial charge is 0.352 e. The molecule has 0 aliphatic carbocycles. The number of hydrogen-bond acceptors (Lipinski definition) is 5. The van der Waals surface area contributed by atoms with Gasteiger partial charge in [0.05, 0.1) is 5.69 Å². The second-order valence-electron chi connectivity index (χ2n) is 5.53. The van der Waals surface area contributed by atoms with E-state index in [0.717, 1.165) is 43.1 Å². The van der Waals surface area contributed by atoms with Crippen LogP contribution in [0.1, 0.15) is 18.5 Å². The van der Waals surface area contributed by atoms with Gasteiger partial charge in [0.1, 0.15) is 5.82 Å². The zero-order valence-electron chi connectivity index (χ0n) is 12.6. The van der Waals surface area contributed by atoms with E-state index in [9.17, 15) is 4.79 Å². The minimum atomic E-state index is -0.261. The molecule has 7 nitrogen and oxygen atoms in total. The summed E-state index contributed by atoms with van der Waals surface area (Å²) < 4.78 is 1.85. The Morgan fingerprint density at radius 2 is 2.41 bits per heavy atom. The molecule has 2 aromatic heterocycles. The summed E-state index contributed by atoms with van der Waals surface area (Å²) in [6, 6.07) is 0.159. The van der Waals surface area contributed by atoms with Gasteiger partial charge in [-0.2, -0.15) is 0 Å². The Morgan fingerprint density at radius 1 is 1.59 bits per heavy atom. The first-order valence-corrected chi connectivity index (χ1v) is 7.37. The van der Waals surface area contributed by atoms with E-state index in [2.05, 4.69) is 26.8 Å². The average molecular weight is 300 g/mol. The van der Waals surface area contributed by atoms with Crippen molar-refractivity contribution >= 4 is 23.2 Å². The number of carbonyl (C=O) groups excluding carboxylic acids is 1.